The zero-order valence-electron chi connectivity index (χ0n) is 43.9. The lowest BCUT2D eigenvalue weighted by Crippen LogP contribution is -2.30. The van der Waals surface area contributed by atoms with Crippen molar-refractivity contribution in [3.63, 3.8) is 0 Å². The normalized spacial score (nSPS) is 12.0. The summed E-state index contributed by atoms with van der Waals surface area (Å²) >= 11 is 0. The van der Waals surface area contributed by atoms with E-state index in [1.807, 2.05) is 0 Å². The van der Waals surface area contributed by atoms with Gasteiger partial charge in [0.1, 0.15) is 13.2 Å². The molecule has 0 radical (unpaired) electrons. The fraction of sp³-hybridized carbons (Fsp3) is 0.948. The summed E-state index contributed by atoms with van der Waals surface area (Å²) < 4.78 is 16.9. The van der Waals surface area contributed by atoms with Crippen LogP contribution in [-0.2, 0) is 28.6 Å². The van der Waals surface area contributed by atoms with Crippen LogP contribution in [-0.4, -0.2) is 37.2 Å². The molecule has 0 aliphatic heterocycles. The number of carbonyl (C=O) groups is 3. The van der Waals surface area contributed by atoms with Gasteiger partial charge < -0.3 is 14.2 Å². The van der Waals surface area contributed by atoms with E-state index < -0.39 is 6.10 Å². The fourth-order valence-electron chi connectivity index (χ4n) is 8.87. The third-order valence-electron chi connectivity index (χ3n) is 13.2. The molecule has 380 valence electrons. The molecule has 0 aromatic heterocycles. The summed E-state index contributed by atoms with van der Waals surface area (Å²) in [7, 11) is 0. The smallest absolute Gasteiger partial charge is 0.306 e. The van der Waals surface area contributed by atoms with Crippen LogP contribution in [0.1, 0.15) is 324 Å². The molecule has 0 heterocycles. The maximum atomic E-state index is 12.8. The molecule has 6 heteroatoms. The Morgan fingerprint density at radius 3 is 0.766 bits per heavy atom. The number of hydrogen-bond donors (Lipinski definition) is 0. The first-order valence-electron chi connectivity index (χ1n) is 28.7. The summed E-state index contributed by atoms with van der Waals surface area (Å²) in [6.45, 7) is 11.4. The Morgan fingerprint density at radius 2 is 0.516 bits per heavy atom. The van der Waals surface area contributed by atoms with Gasteiger partial charge in [0.2, 0.25) is 0 Å². The molecule has 0 saturated heterocycles. The molecule has 0 fully saturated rings. The zero-order chi connectivity index (χ0) is 46.8. The summed E-state index contributed by atoms with van der Waals surface area (Å²) in [4.78, 5) is 38.1. The Balaban J connectivity index is 4.21. The van der Waals surface area contributed by atoms with E-state index in [9.17, 15) is 14.4 Å². The van der Waals surface area contributed by atoms with Gasteiger partial charge in [-0.2, -0.15) is 0 Å². The average Bonchev–Trinajstić information content (AvgIpc) is 3.27. The minimum atomic E-state index is -0.763. The highest BCUT2D eigenvalue weighted by Gasteiger charge is 2.19. The van der Waals surface area contributed by atoms with E-state index in [0.717, 1.165) is 69.6 Å². The number of esters is 3. The standard InChI is InChI=1S/C58H112O6/c1-6-7-8-9-10-11-12-13-14-15-19-22-25-28-33-38-43-48-56(59)62-51-55(64-58(61)50-45-40-35-30-32-37-42-47-54(4)5)52-63-57(60)49-44-39-34-29-26-23-20-17-16-18-21-24-27-31-36-41-46-53(2)3/h53-55H,6-52H2,1-5H3/t55-/m0/s1. The fourth-order valence-corrected chi connectivity index (χ4v) is 8.87. The van der Waals surface area contributed by atoms with Gasteiger partial charge in [-0.3, -0.25) is 14.4 Å². The van der Waals surface area contributed by atoms with Crippen LogP contribution in [0.5, 0.6) is 0 Å². The lowest BCUT2D eigenvalue weighted by atomic mass is 10.0. The van der Waals surface area contributed by atoms with Crippen molar-refractivity contribution in [1.29, 1.82) is 0 Å². The molecule has 0 aliphatic carbocycles. The first kappa shape index (κ1) is 62.4. The molecular weight excluding hydrogens is 793 g/mol. The summed E-state index contributed by atoms with van der Waals surface area (Å²) in [6.07, 6.45) is 53.9. The number of unbranched alkanes of at least 4 members (excludes halogenated alkanes) is 37. The van der Waals surface area contributed by atoms with Crippen molar-refractivity contribution in [2.75, 3.05) is 13.2 Å². The zero-order valence-corrected chi connectivity index (χ0v) is 43.9. The van der Waals surface area contributed by atoms with Crippen LogP contribution in [0.25, 0.3) is 0 Å². The first-order valence-corrected chi connectivity index (χ1v) is 28.7. The van der Waals surface area contributed by atoms with E-state index in [1.165, 1.54) is 212 Å². The van der Waals surface area contributed by atoms with E-state index in [-0.39, 0.29) is 31.1 Å². The van der Waals surface area contributed by atoms with Crippen LogP contribution < -0.4 is 0 Å². The maximum Gasteiger partial charge on any atom is 0.306 e. The monoisotopic (exact) mass is 905 g/mol. The molecule has 0 saturated carbocycles. The predicted molar refractivity (Wildman–Crippen MR) is 275 cm³/mol. The molecule has 6 nitrogen and oxygen atoms in total. The lowest BCUT2D eigenvalue weighted by molar-refractivity contribution is -0.167. The van der Waals surface area contributed by atoms with Crippen LogP contribution in [0.2, 0.25) is 0 Å². The molecule has 0 amide bonds. The molecular formula is C58H112O6. The van der Waals surface area contributed by atoms with E-state index in [2.05, 4.69) is 34.6 Å². The Bertz CT molecular complexity index is 978. The Labute approximate surface area is 399 Å². The van der Waals surface area contributed by atoms with E-state index >= 15 is 0 Å². The quantitative estimate of drug-likeness (QED) is 0.0344. The lowest BCUT2D eigenvalue weighted by Gasteiger charge is -2.18. The molecule has 0 bridgehead atoms. The minimum Gasteiger partial charge on any atom is -0.462 e. The predicted octanol–water partition coefficient (Wildman–Crippen LogP) is 18.9. The van der Waals surface area contributed by atoms with Crippen LogP contribution in [0.3, 0.4) is 0 Å². The number of hydrogen-bond acceptors (Lipinski definition) is 6. The number of rotatable bonds is 52. The molecule has 0 aromatic carbocycles. The molecule has 1 atom stereocenters. The van der Waals surface area contributed by atoms with Crippen molar-refractivity contribution < 1.29 is 28.6 Å². The van der Waals surface area contributed by atoms with Crippen molar-refractivity contribution in [2.45, 2.75) is 330 Å². The van der Waals surface area contributed by atoms with E-state index in [1.54, 1.807) is 0 Å². The van der Waals surface area contributed by atoms with E-state index in [4.69, 9.17) is 14.2 Å². The van der Waals surface area contributed by atoms with Gasteiger partial charge in [-0.05, 0) is 31.1 Å². The second-order valence-corrected chi connectivity index (χ2v) is 20.9. The summed E-state index contributed by atoms with van der Waals surface area (Å²) in [5.41, 5.74) is 0. The van der Waals surface area contributed by atoms with Gasteiger partial charge in [0, 0.05) is 19.3 Å². The van der Waals surface area contributed by atoms with Crippen LogP contribution >= 0.6 is 0 Å². The van der Waals surface area contributed by atoms with Crippen molar-refractivity contribution in [3.8, 4) is 0 Å². The molecule has 0 aromatic rings. The molecule has 64 heavy (non-hydrogen) atoms. The van der Waals surface area contributed by atoms with Crippen LogP contribution in [0.4, 0.5) is 0 Å². The van der Waals surface area contributed by atoms with Gasteiger partial charge in [-0.25, -0.2) is 0 Å². The summed E-state index contributed by atoms with van der Waals surface area (Å²) in [6, 6.07) is 0. The van der Waals surface area contributed by atoms with Crippen molar-refractivity contribution >= 4 is 17.9 Å². The summed E-state index contributed by atoms with van der Waals surface area (Å²) in [5.74, 6) is 0.787. The van der Waals surface area contributed by atoms with Gasteiger partial charge in [-0.1, -0.05) is 285 Å². The number of carbonyl (C=O) groups excluding carboxylic acids is 3. The number of ether oxygens (including phenoxy) is 3. The Hall–Kier alpha value is -1.59. The first-order chi connectivity index (χ1) is 31.2. The second kappa shape index (κ2) is 50.8. The Morgan fingerprint density at radius 1 is 0.297 bits per heavy atom. The van der Waals surface area contributed by atoms with Crippen molar-refractivity contribution in [2.24, 2.45) is 11.8 Å². The third-order valence-corrected chi connectivity index (χ3v) is 13.2. The maximum absolute atomic E-state index is 12.8. The topological polar surface area (TPSA) is 78.9 Å². The SMILES string of the molecule is CCCCCCCCCCCCCCCCCCCC(=O)OC[C@@H](COC(=O)CCCCCCCCCCCCCCCCCCC(C)C)OC(=O)CCCCCCCCCC(C)C. The van der Waals surface area contributed by atoms with Crippen molar-refractivity contribution in [1.82, 2.24) is 0 Å². The van der Waals surface area contributed by atoms with Crippen molar-refractivity contribution in [3.05, 3.63) is 0 Å². The molecule has 0 spiro atoms. The molecule has 0 aliphatic rings. The Kier molecular flexibility index (Phi) is 49.6. The summed E-state index contributed by atoms with van der Waals surface area (Å²) in [5, 5.41) is 0. The average molecular weight is 906 g/mol. The van der Waals surface area contributed by atoms with Gasteiger partial charge in [-0.15, -0.1) is 0 Å². The van der Waals surface area contributed by atoms with Crippen LogP contribution in [0, 0.1) is 11.8 Å². The molecule has 0 unspecified atom stereocenters. The molecule has 0 rings (SSSR count). The highest BCUT2D eigenvalue weighted by Crippen LogP contribution is 2.18. The molecule has 0 N–H and O–H groups in total. The second-order valence-electron chi connectivity index (χ2n) is 20.9. The third kappa shape index (κ3) is 51.4. The van der Waals surface area contributed by atoms with Gasteiger partial charge in [0.25, 0.3) is 0 Å². The van der Waals surface area contributed by atoms with Crippen LogP contribution in [0.15, 0.2) is 0 Å². The largest absolute Gasteiger partial charge is 0.462 e. The van der Waals surface area contributed by atoms with Gasteiger partial charge in [0.15, 0.2) is 6.10 Å². The van der Waals surface area contributed by atoms with Gasteiger partial charge >= 0.3 is 17.9 Å². The van der Waals surface area contributed by atoms with Gasteiger partial charge in [0.05, 0.1) is 0 Å². The van der Waals surface area contributed by atoms with E-state index in [0.29, 0.717) is 19.3 Å². The minimum absolute atomic E-state index is 0.0636. The highest BCUT2D eigenvalue weighted by molar-refractivity contribution is 5.71. The highest BCUT2D eigenvalue weighted by atomic mass is 16.6.